The summed E-state index contributed by atoms with van der Waals surface area (Å²) in [5, 5.41) is 28.9. The average molecular weight is 155 g/mol. The van der Waals surface area contributed by atoms with Crippen LogP contribution in [0, 0.1) is 0 Å². The maximum atomic E-state index is 9.18. The van der Waals surface area contributed by atoms with Crippen molar-refractivity contribution in [2.45, 2.75) is 5.91 Å². The van der Waals surface area contributed by atoms with Gasteiger partial charge in [-0.15, -0.1) is 5.11 Å². The molecule has 0 saturated carbocycles. The van der Waals surface area contributed by atoms with Crippen molar-refractivity contribution in [3.05, 3.63) is 6.33 Å². The van der Waals surface area contributed by atoms with Crippen LogP contribution in [0.4, 0.5) is 5.95 Å². The van der Waals surface area contributed by atoms with Gasteiger partial charge < -0.3 is 10.2 Å². The second-order valence-corrected chi connectivity index (χ2v) is 2.15. The fraction of sp³-hybridized carbons (Fsp3) is 0.500. The van der Waals surface area contributed by atoms with Crippen LogP contribution in [0.25, 0.3) is 0 Å². The van der Waals surface area contributed by atoms with Crippen molar-refractivity contribution >= 4 is 5.95 Å². The molecule has 7 nitrogen and oxygen atoms in total. The molecule has 0 aliphatic carbocycles. The summed E-state index contributed by atoms with van der Waals surface area (Å²) in [6.07, 6.45) is 1.18. The molecule has 0 spiro atoms. The highest BCUT2D eigenvalue weighted by atomic mass is 16.5. The van der Waals surface area contributed by atoms with Crippen molar-refractivity contribution in [2.24, 2.45) is 10.2 Å². The minimum atomic E-state index is -2.08. The van der Waals surface area contributed by atoms with Crippen LogP contribution in [0.3, 0.4) is 0 Å². The van der Waals surface area contributed by atoms with Crippen molar-refractivity contribution in [1.82, 2.24) is 14.8 Å². The highest BCUT2D eigenvalue weighted by molar-refractivity contribution is 5.13. The molecule has 1 aromatic rings. The molecule has 0 fully saturated rings. The normalized spacial score (nSPS) is 19.8. The Morgan fingerprint density at radius 2 is 2.36 bits per heavy atom. The van der Waals surface area contributed by atoms with Crippen molar-refractivity contribution in [2.75, 3.05) is 6.54 Å². The van der Waals surface area contributed by atoms with Gasteiger partial charge in [0.2, 0.25) is 0 Å². The van der Waals surface area contributed by atoms with Crippen molar-refractivity contribution in [3.63, 3.8) is 0 Å². The Morgan fingerprint density at radius 3 is 3.09 bits per heavy atom. The van der Waals surface area contributed by atoms with Crippen LogP contribution >= 0.6 is 0 Å². The maximum Gasteiger partial charge on any atom is 0.291 e. The number of azo groups is 1. The standard InChI is InChI=1S/C4H5N5O2/c10-4(11)1-6-8-3-5-2-7-9(3)4/h2,10-11H,1H2. The summed E-state index contributed by atoms with van der Waals surface area (Å²) < 4.78 is 0.903. The first-order chi connectivity index (χ1) is 5.20. The monoisotopic (exact) mass is 155 g/mol. The molecule has 1 aliphatic rings. The smallest absolute Gasteiger partial charge is 0.291 e. The summed E-state index contributed by atoms with van der Waals surface area (Å²) >= 11 is 0. The van der Waals surface area contributed by atoms with Gasteiger partial charge in [-0.2, -0.15) is 19.9 Å². The van der Waals surface area contributed by atoms with Crippen LogP contribution in [-0.4, -0.2) is 31.5 Å². The summed E-state index contributed by atoms with van der Waals surface area (Å²) in [6, 6.07) is 0. The zero-order chi connectivity index (χ0) is 7.90. The highest BCUT2D eigenvalue weighted by Crippen LogP contribution is 2.20. The van der Waals surface area contributed by atoms with E-state index in [1.807, 2.05) is 0 Å². The van der Waals surface area contributed by atoms with E-state index < -0.39 is 5.91 Å². The van der Waals surface area contributed by atoms with Crippen LogP contribution in [0.5, 0.6) is 0 Å². The quantitative estimate of drug-likeness (QED) is 0.468. The molecule has 58 valence electrons. The molecule has 7 heteroatoms. The minimum absolute atomic E-state index is 0.0984. The van der Waals surface area contributed by atoms with Crippen molar-refractivity contribution in [1.29, 1.82) is 0 Å². The molecule has 2 rings (SSSR count). The number of fused-ring (bicyclic) bond motifs is 1. The molecule has 1 aromatic heterocycles. The fourth-order valence-corrected chi connectivity index (χ4v) is 0.817. The number of nitrogens with zero attached hydrogens (tertiary/aromatic N) is 5. The van der Waals surface area contributed by atoms with Crippen LogP contribution in [-0.2, 0) is 5.91 Å². The molecule has 0 aromatic carbocycles. The van der Waals surface area contributed by atoms with Crippen LogP contribution < -0.4 is 0 Å². The van der Waals surface area contributed by atoms with E-state index in [1.165, 1.54) is 6.33 Å². The topological polar surface area (TPSA) is 95.9 Å². The van der Waals surface area contributed by atoms with Crippen LogP contribution in [0.1, 0.15) is 0 Å². The van der Waals surface area contributed by atoms with E-state index >= 15 is 0 Å². The lowest BCUT2D eigenvalue weighted by Crippen LogP contribution is -2.38. The van der Waals surface area contributed by atoms with Crippen molar-refractivity contribution in [3.8, 4) is 0 Å². The van der Waals surface area contributed by atoms with Gasteiger partial charge in [-0.05, 0) is 0 Å². The SMILES string of the molecule is OC1(O)CN=Nc2ncnn21. The fourth-order valence-electron chi connectivity index (χ4n) is 0.817. The van der Waals surface area contributed by atoms with Gasteiger partial charge in [-0.1, -0.05) is 0 Å². The van der Waals surface area contributed by atoms with Gasteiger partial charge in [0.15, 0.2) is 0 Å². The number of rotatable bonds is 0. The largest absolute Gasteiger partial charge is 0.346 e. The summed E-state index contributed by atoms with van der Waals surface area (Å²) in [7, 11) is 0. The van der Waals surface area contributed by atoms with Gasteiger partial charge in [0.05, 0.1) is 0 Å². The molecule has 0 radical (unpaired) electrons. The zero-order valence-electron chi connectivity index (χ0n) is 5.41. The maximum absolute atomic E-state index is 9.18. The predicted molar refractivity (Wildman–Crippen MR) is 31.8 cm³/mol. The van der Waals surface area contributed by atoms with Gasteiger partial charge in [-0.25, -0.2) is 0 Å². The highest BCUT2D eigenvalue weighted by Gasteiger charge is 2.32. The lowest BCUT2D eigenvalue weighted by Gasteiger charge is -2.21. The first-order valence-corrected chi connectivity index (χ1v) is 2.93. The molecular weight excluding hydrogens is 150 g/mol. The molecule has 0 saturated heterocycles. The van der Waals surface area contributed by atoms with E-state index in [4.69, 9.17) is 0 Å². The molecule has 11 heavy (non-hydrogen) atoms. The zero-order valence-corrected chi connectivity index (χ0v) is 5.41. The molecule has 0 bridgehead atoms. The molecule has 1 aliphatic heterocycles. The van der Waals surface area contributed by atoms with Gasteiger partial charge in [0.25, 0.3) is 11.9 Å². The second kappa shape index (κ2) is 1.83. The van der Waals surface area contributed by atoms with E-state index in [-0.39, 0.29) is 12.5 Å². The Kier molecular flexibility index (Phi) is 1.06. The van der Waals surface area contributed by atoms with Gasteiger partial charge in [-0.3, -0.25) is 0 Å². The lowest BCUT2D eigenvalue weighted by molar-refractivity contribution is -0.229. The van der Waals surface area contributed by atoms with E-state index in [0.29, 0.717) is 0 Å². The number of aromatic nitrogens is 3. The summed E-state index contributed by atoms with van der Waals surface area (Å²) in [5.74, 6) is -1.98. The Labute approximate surface area is 61.0 Å². The van der Waals surface area contributed by atoms with E-state index in [1.54, 1.807) is 0 Å². The third-order valence-electron chi connectivity index (χ3n) is 1.31. The third-order valence-corrected chi connectivity index (χ3v) is 1.31. The Hall–Kier alpha value is -1.34. The summed E-state index contributed by atoms with van der Waals surface area (Å²) in [5.41, 5.74) is 0. The first kappa shape index (κ1) is 6.38. The molecule has 0 unspecified atom stereocenters. The Morgan fingerprint density at radius 1 is 1.55 bits per heavy atom. The van der Waals surface area contributed by atoms with E-state index in [9.17, 15) is 10.2 Å². The number of aliphatic hydroxyl groups is 2. The second-order valence-electron chi connectivity index (χ2n) is 2.15. The van der Waals surface area contributed by atoms with Crippen molar-refractivity contribution < 1.29 is 10.2 Å². The van der Waals surface area contributed by atoms with E-state index in [2.05, 4.69) is 20.3 Å². The molecule has 0 atom stereocenters. The Bertz CT molecular complexity index is 303. The molecule has 0 amide bonds. The summed E-state index contributed by atoms with van der Waals surface area (Å²) in [4.78, 5) is 3.62. The molecule has 2 heterocycles. The third kappa shape index (κ3) is 0.819. The lowest BCUT2D eigenvalue weighted by atomic mass is 10.5. The van der Waals surface area contributed by atoms with Gasteiger partial charge in [0, 0.05) is 0 Å². The van der Waals surface area contributed by atoms with Crippen LogP contribution in [0.15, 0.2) is 16.6 Å². The summed E-state index contributed by atoms with van der Waals surface area (Å²) in [6.45, 7) is -0.219. The predicted octanol–water partition coefficient (Wildman–Crippen LogP) is -1.03. The molecule has 2 N–H and O–H groups in total. The van der Waals surface area contributed by atoms with E-state index in [0.717, 1.165) is 4.68 Å². The van der Waals surface area contributed by atoms with Gasteiger partial charge in [0.1, 0.15) is 12.9 Å². The Balaban J connectivity index is 2.58. The number of hydrogen-bond acceptors (Lipinski definition) is 6. The van der Waals surface area contributed by atoms with Gasteiger partial charge >= 0.3 is 0 Å². The molecular formula is C4H5N5O2. The van der Waals surface area contributed by atoms with Crippen LogP contribution in [0.2, 0.25) is 0 Å². The number of hydrogen-bond donors (Lipinski definition) is 2. The average Bonchev–Trinajstić information content (AvgIpc) is 2.34. The minimum Gasteiger partial charge on any atom is -0.346 e. The first-order valence-electron chi connectivity index (χ1n) is 2.93.